The number of methoxy groups -OCH3 is 2. The van der Waals surface area contributed by atoms with Gasteiger partial charge in [0.2, 0.25) is 5.91 Å². The SMILES string of the molecule is COCCOCC(=O)NCC1(CCOC)CC1. The second kappa shape index (κ2) is 7.63. The van der Waals surface area contributed by atoms with E-state index in [2.05, 4.69) is 5.32 Å². The Morgan fingerprint density at radius 1 is 1.18 bits per heavy atom. The van der Waals surface area contributed by atoms with Gasteiger partial charge >= 0.3 is 0 Å². The van der Waals surface area contributed by atoms with Crippen LogP contribution in [0.15, 0.2) is 0 Å². The Hall–Kier alpha value is -0.650. The summed E-state index contributed by atoms with van der Waals surface area (Å²) >= 11 is 0. The summed E-state index contributed by atoms with van der Waals surface area (Å²) in [4.78, 5) is 11.4. The van der Waals surface area contributed by atoms with E-state index >= 15 is 0 Å². The molecule has 0 aromatic heterocycles. The first kappa shape index (κ1) is 14.4. The van der Waals surface area contributed by atoms with E-state index in [-0.39, 0.29) is 17.9 Å². The number of carbonyl (C=O) groups excluding carboxylic acids is 1. The molecule has 1 saturated carbocycles. The number of ether oxygens (including phenoxy) is 3. The Labute approximate surface area is 103 Å². The molecule has 0 saturated heterocycles. The van der Waals surface area contributed by atoms with Gasteiger partial charge in [-0.15, -0.1) is 0 Å². The van der Waals surface area contributed by atoms with Crippen molar-refractivity contribution in [1.82, 2.24) is 5.32 Å². The summed E-state index contributed by atoms with van der Waals surface area (Å²) in [6.45, 7) is 2.59. The van der Waals surface area contributed by atoms with E-state index in [1.54, 1.807) is 14.2 Å². The molecule has 17 heavy (non-hydrogen) atoms. The monoisotopic (exact) mass is 245 g/mol. The molecule has 0 aliphatic heterocycles. The van der Waals surface area contributed by atoms with Crippen molar-refractivity contribution in [2.45, 2.75) is 19.3 Å². The molecule has 0 bridgehead atoms. The van der Waals surface area contributed by atoms with E-state index in [4.69, 9.17) is 14.2 Å². The second-order valence-corrected chi connectivity index (χ2v) is 4.56. The molecule has 1 aliphatic rings. The molecular formula is C12H23NO4. The van der Waals surface area contributed by atoms with Crippen molar-refractivity contribution < 1.29 is 19.0 Å². The standard InChI is InChI=1S/C12H23NO4/c1-15-6-5-12(3-4-12)10-13-11(14)9-17-8-7-16-2/h3-10H2,1-2H3,(H,13,14). The fourth-order valence-corrected chi connectivity index (χ4v) is 1.65. The molecule has 1 amide bonds. The fraction of sp³-hybridized carbons (Fsp3) is 0.917. The molecule has 1 fully saturated rings. The van der Waals surface area contributed by atoms with Gasteiger partial charge in [0, 0.05) is 27.4 Å². The molecule has 0 radical (unpaired) electrons. The van der Waals surface area contributed by atoms with Gasteiger partial charge < -0.3 is 19.5 Å². The first-order valence-electron chi connectivity index (χ1n) is 6.05. The van der Waals surface area contributed by atoms with Crippen molar-refractivity contribution in [1.29, 1.82) is 0 Å². The van der Waals surface area contributed by atoms with Crippen molar-refractivity contribution in [3.63, 3.8) is 0 Å². The number of rotatable bonds is 10. The molecule has 1 rings (SSSR count). The summed E-state index contributed by atoms with van der Waals surface area (Å²) in [5.74, 6) is -0.0511. The predicted molar refractivity (Wildman–Crippen MR) is 63.9 cm³/mol. The van der Waals surface area contributed by atoms with Crippen LogP contribution in [0.3, 0.4) is 0 Å². The molecule has 1 aliphatic carbocycles. The van der Waals surface area contributed by atoms with Crippen LogP contribution in [0.5, 0.6) is 0 Å². The zero-order valence-electron chi connectivity index (χ0n) is 10.8. The van der Waals surface area contributed by atoms with Gasteiger partial charge in [0.1, 0.15) is 6.61 Å². The van der Waals surface area contributed by atoms with E-state index in [9.17, 15) is 4.79 Å². The summed E-state index contributed by atoms with van der Waals surface area (Å²) in [6, 6.07) is 0. The topological polar surface area (TPSA) is 56.8 Å². The molecule has 0 unspecified atom stereocenters. The first-order chi connectivity index (χ1) is 8.22. The normalized spacial score (nSPS) is 16.8. The lowest BCUT2D eigenvalue weighted by Crippen LogP contribution is -2.33. The third kappa shape index (κ3) is 6.00. The van der Waals surface area contributed by atoms with Gasteiger partial charge in [0.05, 0.1) is 13.2 Å². The number of hydrogen-bond donors (Lipinski definition) is 1. The second-order valence-electron chi connectivity index (χ2n) is 4.56. The van der Waals surface area contributed by atoms with E-state index < -0.39 is 0 Å². The molecule has 5 heteroatoms. The first-order valence-corrected chi connectivity index (χ1v) is 6.05. The summed E-state index contributed by atoms with van der Waals surface area (Å²) in [7, 11) is 3.31. The predicted octanol–water partition coefficient (Wildman–Crippen LogP) is 0.582. The number of amides is 1. The molecular weight excluding hydrogens is 222 g/mol. The number of hydrogen-bond acceptors (Lipinski definition) is 4. The van der Waals surface area contributed by atoms with E-state index in [1.807, 2.05) is 0 Å². The van der Waals surface area contributed by atoms with Gasteiger partial charge in [-0.2, -0.15) is 0 Å². The zero-order chi connectivity index (χ0) is 12.6. The van der Waals surface area contributed by atoms with E-state index in [1.165, 1.54) is 12.8 Å². The Balaban J connectivity index is 2.03. The van der Waals surface area contributed by atoms with Crippen molar-refractivity contribution in [2.24, 2.45) is 5.41 Å². The lowest BCUT2D eigenvalue weighted by Gasteiger charge is -2.15. The minimum Gasteiger partial charge on any atom is -0.385 e. The van der Waals surface area contributed by atoms with Gasteiger partial charge in [-0.1, -0.05) is 0 Å². The Bertz CT molecular complexity index is 229. The maximum atomic E-state index is 11.4. The molecule has 0 spiro atoms. The average molecular weight is 245 g/mol. The van der Waals surface area contributed by atoms with E-state index in [0.717, 1.165) is 19.6 Å². The van der Waals surface area contributed by atoms with Crippen LogP contribution >= 0.6 is 0 Å². The Morgan fingerprint density at radius 2 is 1.88 bits per heavy atom. The van der Waals surface area contributed by atoms with Crippen LogP contribution in [0, 0.1) is 5.41 Å². The number of carbonyl (C=O) groups is 1. The van der Waals surface area contributed by atoms with Crippen molar-refractivity contribution in [3.8, 4) is 0 Å². The van der Waals surface area contributed by atoms with Crippen molar-refractivity contribution >= 4 is 5.91 Å². The summed E-state index contributed by atoms with van der Waals surface area (Å²) < 4.78 is 15.0. The summed E-state index contributed by atoms with van der Waals surface area (Å²) in [5.41, 5.74) is 0.290. The van der Waals surface area contributed by atoms with Crippen LogP contribution < -0.4 is 5.32 Å². The molecule has 100 valence electrons. The summed E-state index contributed by atoms with van der Waals surface area (Å²) in [6.07, 6.45) is 3.39. The van der Waals surface area contributed by atoms with Crippen molar-refractivity contribution in [3.05, 3.63) is 0 Å². The highest BCUT2D eigenvalue weighted by molar-refractivity contribution is 5.77. The van der Waals surface area contributed by atoms with Crippen LogP contribution in [0.1, 0.15) is 19.3 Å². The van der Waals surface area contributed by atoms with E-state index in [0.29, 0.717) is 13.2 Å². The van der Waals surface area contributed by atoms with Crippen LogP contribution in [-0.2, 0) is 19.0 Å². The lowest BCUT2D eigenvalue weighted by molar-refractivity contribution is -0.126. The molecule has 0 heterocycles. The third-order valence-corrected chi connectivity index (χ3v) is 3.12. The Morgan fingerprint density at radius 3 is 2.47 bits per heavy atom. The zero-order valence-corrected chi connectivity index (χ0v) is 10.8. The number of nitrogens with one attached hydrogen (secondary N) is 1. The smallest absolute Gasteiger partial charge is 0.246 e. The third-order valence-electron chi connectivity index (χ3n) is 3.12. The maximum absolute atomic E-state index is 11.4. The van der Waals surface area contributed by atoms with Gasteiger partial charge in [-0.25, -0.2) is 0 Å². The average Bonchev–Trinajstić information content (AvgIpc) is 3.10. The van der Waals surface area contributed by atoms with Gasteiger partial charge in [-0.05, 0) is 24.7 Å². The molecule has 0 aromatic rings. The largest absolute Gasteiger partial charge is 0.385 e. The maximum Gasteiger partial charge on any atom is 0.246 e. The molecule has 0 atom stereocenters. The van der Waals surface area contributed by atoms with Crippen LogP contribution in [0.2, 0.25) is 0 Å². The minimum atomic E-state index is -0.0511. The minimum absolute atomic E-state index is 0.0511. The molecule has 5 nitrogen and oxygen atoms in total. The lowest BCUT2D eigenvalue weighted by atomic mass is 10.0. The highest BCUT2D eigenvalue weighted by atomic mass is 16.5. The van der Waals surface area contributed by atoms with Gasteiger partial charge in [0.25, 0.3) is 0 Å². The summed E-state index contributed by atoms with van der Waals surface area (Å²) in [5, 5.41) is 2.91. The van der Waals surface area contributed by atoms with Crippen LogP contribution in [0.25, 0.3) is 0 Å². The molecule has 1 N–H and O–H groups in total. The highest BCUT2D eigenvalue weighted by Crippen LogP contribution is 2.48. The quantitative estimate of drug-likeness (QED) is 0.572. The Kier molecular flexibility index (Phi) is 6.47. The molecule has 0 aromatic carbocycles. The van der Waals surface area contributed by atoms with Gasteiger partial charge in [0.15, 0.2) is 0 Å². The fourth-order valence-electron chi connectivity index (χ4n) is 1.65. The highest BCUT2D eigenvalue weighted by Gasteiger charge is 2.41. The van der Waals surface area contributed by atoms with Crippen molar-refractivity contribution in [2.75, 3.05) is 47.2 Å². The van der Waals surface area contributed by atoms with Crippen LogP contribution in [-0.4, -0.2) is 53.1 Å². The van der Waals surface area contributed by atoms with Gasteiger partial charge in [-0.3, -0.25) is 4.79 Å². The van der Waals surface area contributed by atoms with Crippen LogP contribution in [0.4, 0.5) is 0 Å².